The summed E-state index contributed by atoms with van der Waals surface area (Å²) in [7, 11) is 0. The van der Waals surface area contributed by atoms with E-state index in [1.807, 2.05) is 50.2 Å². The van der Waals surface area contributed by atoms with Crippen molar-refractivity contribution >= 4 is 27.4 Å². The number of thiophene rings is 1. The largest absolute Gasteiger partial charge is 0.481 e. The van der Waals surface area contributed by atoms with Gasteiger partial charge in [0.2, 0.25) is 0 Å². The summed E-state index contributed by atoms with van der Waals surface area (Å²) in [5.74, 6) is -0.784. The highest BCUT2D eigenvalue weighted by molar-refractivity contribution is 7.19. The molecule has 0 aliphatic carbocycles. The summed E-state index contributed by atoms with van der Waals surface area (Å²) in [6, 6.07) is 18.1. The van der Waals surface area contributed by atoms with Gasteiger partial charge in [-0.1, -0.05) is 48.0 Å². The Bertz CT molecular complexity index is 784. The predicted molar refractivity (Wildman–Crippen MR) is 91.7 cm³/mol. The monoisotopic (exact) mass is 310 g/mol. The Hall–Kier alpha value is -2.13. The molecule has 3 aromatic rings. The average Bonchev–Trinajstić information content (AvgIpc) is 2.89. The van der Waals surface area contributed by atoms with Gasteiger partial charge in [0.25, 0.3) is 0 Å². The van der Waals surface area contributed by atoms with Crippen LogP contribution in [0.2, 0.25) is 0 Å². The van der Waals surface area contributed by atoms with Gasteiger partial charge in [-0.05, 0) is 36.9 Å². The number of aliphatic carboxylic acids is 1. The highest BCUT2D eigenvalue weighted by atomic mass is 32.1. The lowest BCUT2D eigenvalue weighted by Crippen LogP contribution is -2.34. The maximum atomic E-state index is 11.9. The number of rotatable bonds is 4. The molecule has 3 rings (SSSR count). The molecule has 1 unspecified atom stereocenters. The van der Waals surface area contributed by atoms with Crippen LogP contribution in [0.3, 0.4) is 0 Å². The van der Waals surface area contributed by atoms with Crippen molar-refractivity contribution in [3.05, 3.63) is 70.6 Å². The molecule has 0 fully saturated rings. The minimum Gasteiger partial charge on any atom is -0.481 e. The third-order valence-corrected chi connectivity index (χ3v) is 5.28. The van der Waals surface area contributed by atoms with Crippen LogP contribution in [-0.4, -0.2) is 11.1 Å². The van der Waals surface area contributed by atoms with Crippen LogP contribution >= 0.6 is 11.3 Å². The molecule has 0 amide bonds. The van der Waals surface area contributed by atoms with Crippen LogP contribution in [0.5, 0.6) is 0 Å². The van der Waals surface area contributed by atoms with Gasteiger partial charge >= 0.3 is 5.97 Å². The van der Waals surface area contributed by atoms with Crippen LogP contribution in [0.4, 0.5) is 0 Å². The lowest BCUT2D eigenvalue weighted by Gasteiger charge is -2.25. The molecule has 0 saturated heterocycles. The van der Waals surface area contributed by atoms with Crippen LogP contribution in [0.1, 0.15) is 22.9 Å². The molecule has 1 aromatic heterocycles. The van der Waals surface area contributed by atoms with E-state index >= 15 is 0 Å². The second-order valence-corrected chi connectivity index (χ2v) is 7.10. The van der Waals surface area contributed by atoms with E-state index in [2.05, 4.69) is 18.2 Å². The van der Waals surface area contributed by atoms with Gasteiger partial charge in [0.15, 0.2) is 0 Å². The third-order valence-electron chi connectivity index (χ3n) is 4.17. The number of hydrogen-bond donors (Lipinski definition) is 1. The van der Waals surface area contributed by atoms with E-state index in [0.717, 1.165) is 16.0 Å². The van der Waals surface area contributed by atoms with Gasteiger partial charge in [-0.15, -0.1) is 11.3 Å². The molecule has 0 aliphatic rings. The van der Waals surface area contributed by atoms with Crippen molar-refractivity contribution in [2.75, 3.05) is 0 Å². The van der Waals surface area contributed by atoms with Crippen molar-refractivity contribution in [1.82, 2.24) is 0 Å². The van der Waals surface area contributed by atoms with Gasteiger partial charge < -0.3 is 5.11 Å². The van der Waals surface area contributed by atoms with Crippen LogP contribution in [0.15, 0.2) is 54.6 Å². The van der Waals surface area contributed by atoms with Crippen LogP contribution in [-0.2, 0) is 16.6 Å². The van der Waals surface area contributed by atoms with Crippen molar-refractivity contribution in [1.29, 1.82) is 0 Å². The number of aryl methyl sites for hydroxylation is 1. The van der Waals surface area contributed by atoms with Gasteiger partial charge in [-0.3, -0.25) is 4.79 Å². The Labute approximate surface area is 134 Å². The predicted octanol–water partition coefficient (Wildman–Crippen LogP) is 4.79. The van der Waals surface area contributed by atoms with Crippen molar-refractivity contribution < 1.29 is 9.90 Å². The summed E-state index contributed by atoms with van der Waals surface area (Å²) in [5.41, 5.74) is 1.08. The summed E-state index contributed by atoms with van der Waals surface area (Å²) in [6.45, 7) is 3.82. The van der Waals surface area contributed by atoms with Crippen molar-refractivity contribution in [2.45, 2.75) is 25.7 Å². The molecule has 112 valence electrons. The van der Waals surface area contributed by atoms with E-state index in [4.69, 9.17) is 0 Å². The lowest BCUT2D eigenvalue weighted by molar-refractivity contribution is -0.143. The molecule has 22 heavy (non-hydrogen) atoms. The highest BCUT2D eigenvalue weighted by Crippen LogP contribution is 2.34. The zero-order chi connectivity index (χ0) is 15.7. The number of carboxylic acid groups (broad SMARTS) is 1. The number of carboxylic acids is 1. The molecule has 0 radical (unpaired) electrons. The zero-order valence-electron chi connectivity index (χ0n) is 12.7. The molecular weight excluding hydrogens is 292 g/mol. The fraction of sp³-hybridized carbons (Fsp3) is 0.211. The van der Waals surface area contributed by atoms with E-state index in [-0.39, 0.29) is 0 Å². The molecule has 2 aromatic carbocycles. The van der Waals surface area contributed by atoms with Crippen LogP contribution < -0.4 is 0 Å². The second-order valence-electron chi connectivity index (χ2n) is 5.93. The summed E-state index contributed by atoms with van der Waals surface area (Å²) in [4.78, 5) is 13.0. The van der Waals surface area contributed by atoms with Gasteiger partial charge in [0.1, 0.15) is 0 Å². The maximum absolute atomic E-state index is 11.9. The molecule has 2 nitrogen and oxygen atoms in total. The first kappa shape index (κ1) is 14.8. The number of hydrogen-bond acceptors (Lipinski definition) is 2. The molecule has 0 aliphatic heterocycles. The first-order chi connectivity index (χ1) is 10.5. The molecule has 1 atom stereocenters. The smallest absolute Gasteiger partial charge is 0.314 e. The van der Waals surface area contributed by atoms with Crippen molar-refractivity contribution in [3.63, 3.8) is 0 Å². The minimum absolute atomic E-state index is 0.505. The summed E-state index contributed by atoms with van der Waals surface area (Å²) < 4.78 is 1.20. The number of benzene rings is 2. The van der Waals surface area contributed by atoms with Crippen LogP contribution in [0, 0.1) is 6.92 Å². The Morgan fingerprint density at radius 3 is 2.45 bits per heavy atom. The summed E-state index contributed by atoms with van der Waals surface area (Å²) in [5, 5.41) is 11.0. The molecular formula is C19H18O2S. The summed E-state index contributed by atoms with van der Waals surface area (Å²) >= 11 is 1.68. The Kier molecular flexibility index (Phi) is 3.75. The fourth-order valence-electron chi connectivity index (χ4n) is 2.69. The molecule has 0 bridgehead atoms. The fourth-order valence-corrected chi connectivity index (χ4v) is 3.92. The Morgan fingerprint density at radius 2 is 1.82 bits per heavy atom. The topological polar surface area (TPSA) is 37.3 Å². The maximum Gasteiger partial charge on any atom is 0.314 e. The third kappa shape index (κ3) is 2.64. The summed E-state index contributed by atoms with van der Waals surface area (Å²) in [6.07, 6.45) is 0.505. The molecule has 0 spiro atoms. The molecule has 3 heteroatoms. The van der Waals surface area contributed by atoms with Crippen molar-refractivity contribution in [2.24, 2.45) is 0 Å². The Balaban J connectivity index is 2.00. The van der Waals surface area contributed by atoms with Gasteiger partial charge in [-0.2, -0.15) is 0 Å². The quantitative estimate of drug-likeness (QED) is 0.752. The van der Waals surface area contributed by atoms with E-state index in [0.29, 0.717) is 6.42 Å². The standard InChI is InChI=1S/C19H18O2S/c1-13-7-9-15(10-8-13)19(2,18(20)21)12-16-11-14-5-3-4-6-17(14)22-16/h3-11H,12H2,1-2H3,(H,20,21). The minimum atomic E-state index is -0.908. The SMILES string of the molecule is Cc1ccc(C(C)(Cc2cc3ccccc3s2)C(=O)O)cc1. The van der Waals surface area contributed by atoms with Gasteiger partial charge in [-0.25, -0.2) is 0 Å². The van der Waals surface area contributed by atoms with E-state index in [9.17, 15) is 9.90 Å². The highest BCUT2D eigenvalue weighted by Gasteiger charge is 2.35. The molecule has 0 saturated carbocycles. The second kappa shape index (κ2) is 5.58. The average molecular weight is 310 g/mol. The zero-order valence-corrected chi connectivity index (χ0v) is 13.5. The Morgan fingerprint density at radius 1 is 1.14 bits per heavy atom. The first-order valence-electron chi connectivity index (χ1n) is 7.27. The van der Waals surface area contributed by atoms with E-state index < -0.39 is 11.4 Å². The first-order valence-corrected chi connectivity index (χ1v) is 8.09. The molecule has 1 heterocycles. The van der Waals surface area contributed by atoms with E-state index in [1.54, 1.807) is 11.3 Å². The van der Waals surface area contributed by atoms with Gasteiger partial charge in [0, 0.05) is 16.0 Å². The van der Waals surface area contributed by atoms with E-state index in [1.165, 1.54) is 10.1 Å². The van der Waals surface area contributed by atoms with Crippen LogP contribution in [0.25, 0.3) is 10.1 Å². The normalized spacial score (nSPS) is 13.9. The lowest BCUT2D eigenvalue weighted by atomic mass is 9.79. The molecule has 1 N–H and O–H groups in total. The number of fused-ring (bicyclic) bond motifs is 1. The van der Waals surface area contributed by atoms with Gasteiger partial charge in [0.05, 0.1) is 5.41 Å². The van der Waals surface area contributed by atoms with Crippen molar-refractivity contribution in [3.8, 4) is 0 Å². The number of carbonyl (C=O) groups is 1.